The van der Waals surface area contributed by atoms with Gasteiger partial charge in [0.25, 0.3) is 0 Å². The highest BCUT2D eigenvalue weighted by Gasteiger charge is 2.18. The maximum Gasteiger partial charge on any atom is 0.304 e. The minimum absolute atomic E-state index is 0.0619. The van der Waals surface area contributed by atoms with Crippen LogP contribution in [0.4, 0.5) is 0 Å². The van der Waals surface area contributed by atoms with Crippen molar-refractivity contribution in [2.24, 2.45) is 0 Å². The molecule has 4 heteroatoms. The largest absolute Gasteiger partial charge is 0.481 e. The van der Waals surface area contributed by atoms with E-state index in [1.807, 2.05) is 42.2 Å². The molecule has 1 aromatic carbocycles. The summed E-state index contributed by atoms with van der Waals surface area (Å²) in [6.45, 7) is 4.47. The number of carbonyl (C=O) groups excluding carboxylic acids is 1. The van der Waals surface area contributed by atoms with Gasteiger partial charge in [-0.25, -0.2) is 0 Å². The molecular weight excluding hydrogens is 242 g/mol. The summed E-state index contributed by atoms with van der Waals surface area (Å²) in [5.41, 5.74) is 1.19. The first-order valence-corrected chi connectivity index (χ1v) is 6.51. The molecule has 104 valence electrons. The Hall–Kier alpha value is -1.68. The van der Waals surface area contributed by atoms with E-state index in [1.54, 1.807) is 6.92 Å². The maximum atomic E-state index is 11.5. The Morgan fingerprint density at radius 1 is 1.21 bits per heavy atom. The van der Waals surface area contributed by atoms with Crippen LogP contribution < -0.4 is 0 Å². The van der Waals surface area contributed by atoms with Crippen molar-refractivity contribution in [1.29, 1.82) is 0 Å². The van der Waals surface area contributed by atoms with E-state index in [9.17, 15) is 9.59 Å². The Balaban J connectivity index is 2.58. The van der Waals surface area contributed by atoms with Crippen molar-refractivity contribution in [3.8, 4) is 0 Å². The molecule has 0 aromatic heterocycles. The van der Waals surface area contributed by atoms with Gasteiger partial charge >= 0.3 is 5.97 Å². The van der Waals surface area contributed by atoms with Crippen molar-refractivity contribution < 1.29 is 14.7 Å². The number of aliphatic carboxylic acids is 1. The highest BCUT2D eigenvalue weighted by Crippen LogP contribution is 2.06. The van der Waals surface area contributed by atoms with Crippen LogP contribution in [-0.2, 0) is 16.0 Å². The van der Waals surface area contributed by atoms with Gasteiger partial charge in [0.1, 0.15) is 5.78 Å². The molecule has 4 nitrogen and oxygen atoms in total. The molecule has 0 aliphatic rings. The second-order valence-electron chi connectivity index (χ2n) is 4.70. The Bertz CT molecular complexity index is 417. The summed E-state index contributed by atoms with van der Waals surface area (Å²) >= 11 is 0. The van der Waals surface area contributed by atoms with Crippen molar-refractivity contribution in [2.45, 2.75) is 32.7 Å². The summed E-state index contributed by atoms with van der Waals surface area (Å²) in [6.07, 6.45) is 0.879. The molecule has 0 aliphatic carbocycles. The Labute approximate surface area is 114 Å². The van der Waals surface area contributed by atoms with Crippen LogP contribution in [0.2, 0.25) is 0 Å². The number of hydrogen-bond acceptors (Lipinski definition) is 3. The van der Waals surface area contributed by atoms with E-state index < -0.39 is 5.97 Å². The zero-order chi connectivity index (χ0) is 14.3. The quantitative estimate of drug-likeness (QED) is 0.779. The summed E-state index contributed by atoms with van der Waals surface area (Å²) in [6, 6.07) is 9.75. The number of nitrogens with zero attached hydrogens (tertiary/aromatic N) is 1. The van der Waals surface area contributed by atoms with E-state index in [2.05, 4.69) is 0 Å². The molecular formula is C15H21NO3. The minimum atomic E-state index is -0.833. The average molecular weight is 263 g/mol. The molecule has 19 heavy (non-hydrogen) atoms. The number of ketones is 1. The first-order valence-electron chi connectivity index (χ1n) is 6.51. The van der Waals surface area contributed by atoms with Crippen LogP contribution in [0, 0.1) is 0 Å². The fourth-order valence-electron chi connectivity index (χ4n) is 1.91. The number of carboxylic acid groups (broad SMARTS) is 1. The molecule has 0 heterocycles. The molecule has 0 fully saturated rings. The van der Waals surface area contributed by atoms with Gasteiger partial charge in [0.2, 0.25) is 0 Å². The van der Waals surface area contributed by atoms with Crippen LogP contribution in [-0.4, -0.2) is 40.9 Å². The zero-order valence-electron chi connectivity index (χ0n) is 11.5. The van der Waals surface area contributed by atoms with Gasteiger partial charge in [-0.3, -0.25) is 14.5 Å². The topological polar surface area (TPSA) is 57.6 Å². The van der Waals surface area contributed by atoms with Gasteiger partial charge in [-0.05, 0) is 25.8 Å². The molecule has 0 radical (unpaired) electrons. The lowest BCUT2D eigenvalue weighted by Crippen LogP contribution is -2.40. The molecule has 0 saturated heterocycles. The third-order valence-corrected chi connectivity index (χ3v) is 3.28. The standard InChI is InChI=1S/C15H21NO3/c1-12(13(2)17)16(11-9-15(18)19)10-8-14-6-4-3-5-7-14/h3-7,12H,8-11H2,1-2H3,(H,18,19). The number of hydrogen-bond donors (Lipinski definition) is 1. The smallest absolute Gasteiger partial charge is 0.304 e. The summed E-state index contributed by atoms with van der Waals surface area (Å²) in [4.78, 5) is 24.0. The van der Waals surface area contributed by atoms with Gasteiger partial charge in [0, 0.05) is 13.1 Å². The molecule has 0 aliphatic heterocycles. The van der Waals surface area contributed by atoms with Crippen LogP contribution in [0.15, 0.2) is 30.3 Å². The molecule has 0 spiro atoms. The first-order chi connectivity index (χ1) is 9.00. The molecule has 1 aromatic rings. The third-order valence-electron chi connectivity index (χ3n) is 3.28. The maximum absolute atomic E-state index is 11.5. The zero-order valence-corrected chi connectivity index (χ0v) is 11.5. The predicted octanol–water partition coefficient (Wildman–Crippen LogP) is 1.98. The average Bonchev–Trinajstić information content (AvgIpc) is 2.39. The summed E-state index contributed by atoms with van der Waals surface area (Å²) in [7, 11) is 0. The summed E-state index contributed by atoms with van der Waals surface area (Å²) < 4.78 is 0. The van der Waals surface area contributed by atoms with Crippen molar-refractivity contribution in [3.05, 3.63) is 35.9 Å². The van der Waals surface area contributed by atoms with E-state index in [-0.39, 0.29) is 18.2 Å². The Morgan fingerprint density at radius 2 is 1.84 bits per heavy atom. The molecule has 1 atom stereocenters. The van der Waals surface area contributed by atoms with E-state index >= 15 is 0 Å². The highest BCUT2D eigenvalue weighted by molar-refractivity contribution is 5.81. The van der Waals surface area contributed by atoms with Crippen LogP contribution in [0.25, 0.3) is 0 Å². The van der Waals surface area contributed by atoms with Gasteiger partial charge in [0.05, 0.1) is 12.5 Å². The van der Waals surface area contributed by atoms with Gasteiger partial charge < -0.3 is 5.11 Å². The van der Waals surface area contributed by atoms with Gasteiger partial charge in [-0.15, -0.1) is 0 Å². The molecule has 1 unspecified atom stereocenters. The lowest BCUT2D eigenvalue weighted by Gasteiger charge is -2.26. The first kappa shape index (κ1) is 15.4. The Morgan fingerprint density at radius 3 is 2.37 bits per heavy atom. The third kappa shape index (κ3) is 5.66. The second kappa shape index (κ2) is 7.69. The lowest BCUT2D eigenvalue weighted by molar-refractivity contribution is -0.138. The van der Waals surface area contributed by atoms with Crippen LogP contribution in [0.3, 0.4) is 0 Å². The predicted molar refractivity (Wildman–Crippen MR) is 74.1 cm³/mol. The van der Waals surface area contributed by atoms with Crippen molar-refractivity contribution in [2.75, 3.05) is 13.1 Å². The van der Waals surface area contributed by atoms with E-state index in [1.165, 1.54) is 5.56 Å². The minimum Gasteiger partial charge on any atom is -0.481 e. The van der Waals surface area contributed by atoms with Gasteiger partial charge in [-0.2, -0.15) is 0 Å². The van der Waals surface area contributed by atoms with Gasteiger partial charge in [0.15, 0.2) is 0 Å². The fraction of sp³-hybridized carbons (Fsp3) is 0.467. The number of carbonyl (C=O) groups is 2. The number of rotatable bonds is 8. The van der Waals surface area contributed by atoms with Crippen LogP contribution >= 0.6 is 0 Å². The van der Waals surface area contributed by atoms with Crippen molar-refractivity contribution in [1.82, 2.24) is 4.90 Å². The summed E-state index contributed by atoms with van der Waals surface area (Å²) in [5.74, 6) is -0.765. The number of benzene rings is 1. The Kier molecular flexibility index (Phi) is 6.22. The SMILES string of the molecule is CC(=O)C(C)N(CCC(=O)O)CCc1ccccc1. The van der Waals surface area contributed by atoms with E-state index in [4.69, 9.17) is 5.11 Å². The normalized spacial score (nSPS) is 12.4. The number of carboxylic acids is 1. The van der Waals surface area contributed by atoms with Crippen molar-refractivity contribution in [3.63, 3.8) is 0 Å². The summed E-state index contributed by atoms with van der Waals surface area (Å²) in [5, 5.41) is 8.76. The molecule has 0 saturated carbocycles. The molecule has 0 amide bonds. The van der Waals surface area contributed by atoms with Crippen LogP contribution in [0.1, 0.15) is 25.8 Å². The monoisotopic (exact) mass is 263 g/mol. The lowest BCUT2D eigenvalue weighted by atomic mass is 10.1. The van der Waals surface area contributed by atoms with E-state index in [0.717, 1.165) is 6.42 Å². The fourth-order valence-corrected chi connectivity index (χ4v) is 1.91. The van der Waals surface area contributed by atoms with E-state index in [0.29, 0.717) is 13.1 Å². The molecule has 1 rings (SSSR count). The number of Topliss-reactive ketones (excluding diaryl/α,β-unsaturated/α-hetero) is 1. The van der Waals surface area contributed by atoms with Crippen LogP contribution in [0.5, 0.6) is 0 Å². The van der Waals surface area contributed by atoms with Crippen molar-refractivity contribution >= 4 is 11.8 Å². The second-order valence-corrected chi connectivity index (χ2v) is 4.70. The van der Waals surface area contributed by atoms with Gasteiger partial charge in [-0.1, -0.05) is 30.3 Å². The molecule has 0 bridgehead atoms. The highest BCUT2D eigenvalue weighted by atomic mass is 16.4. The molecule has 1 N–H and O–H groups in total.